The Bertz CT molecular complexity index is 226. The largest absolute Gasteiger partial charge is 0.427 e. The summed E-state index contributed by atoms with van der Waals surface area (Å²) in [5, 5.41) is 8.98. The molecule has 0 bridgehead atoms. The fourth-order valence-corrected chi connectivity index (χ4v) is 2.07. The number of alkyl halides is 2. The van der Waals surface area contributed by atoms with Crippen LogP contribution in [-0.2, 0) is 9.53 Å². The smallest absolute Gasteiger partial charge is 0.352 e. The number of carbonyl (C=O) groups is 1. The van der Waals surface area contributed by atoms with Crippen molar-refractivity contribution < 1.29 is 14.6 Å². The van der Waals surface area contributed by atoms with E-state index in [-0.39, 0.29) is 8.77 Å². The predicted molar refractivity (Wildman–Crippen MR) is 46.6 cm³/mol. The van der Waals surface area contributed by atoms with Crippen LogP contribution in [0.4, 0.5) is 0 Å². The van der Waals surface area contributed by atoms with Crippen LogP contribution in [0, 0.1) is 0 Å². The van der Waals surface area contributed by atoms with Crippen molar-refractivity contribution in [3.63, 3.8) is 0 Å². The zero-order valence-electron chi connectivity index (χ0n) is 5.05. The fraction of sp³-hybridized carbons (Fsp3) is 0.400. The number of ether oxygens (including phenoxy) is 1. The Kier molecular flexibility index (Phi) is 2.96. The highest BCUT2D eigenvalue weighted by molar-refractivity contribution is 9.24. The Labute approximate surface area is 84.6 Å². The highest BCUT2D eigenvalue weighted by Crippen LogP contribution is 2.32. The molecule has 0 aromatic carbocycles. The number of esters is 1. The number of rotatable bonds is 1. The first kappa shape index (κ1) is 9.51. The number of aliphatic hydroxyl groups is 1. The van der Waals surface area contributed by atoms with Crippen molar-refractivity contribution in [3.05, 3.63) is 10.6 Å². The van der Waals surface area contributed by atoms with E-state index in [0.717, 1.165) is 0 Å². The Morgan fingerprint density at radius 3 is 2.36 bits per heavy atom. The van der Waals surface area contributed by atoms with Crippen molar-refractivity contribution in [2.45, 2.75) is 10.0 Å². The van der Waals surface area contributed by atoms with Gasteiger partial charge in [-0.1, -0.05) is 43.5 Å². The lowest BCUT2D eigenvalue weighted by Gasteiger charge is -2.06. The zero-order valence-corrected chi connectivity index (χ0v) is 8.98. The number of hydrogen-bond donors (Lipinski definition) is 1. The summed E-state index contributed by atoms with van der Waals surface area (Å²) in [4.78, 5) is 10.7. The number of halogens is 3. The van der Waals surface area contributed by atoms with E-state index in [1.807, 2.05) is 0 Å². The summed E-state index contributed by atoms with van der Waals surface area (Å²) in [7, 11) is 0. The van der Waals surface area contributed by atoms with Crippen LogP contribution in [0.1, 0.15) is 0 Å². The van der Waals surface area contributed by atoms with Gasteiger partial charge in [0.25, 0.3) is 0 Å². The minimum Gasteiger partial charge on any atom is -0.427 e. The minimum atomic E-state index is -1.24. The quantitative estimate of drug-likeness (QED) is 0.589. The third kappa shape index (κ3) is 1.77. The topological polar surface area (TPSA) is 46.5 Å². The van der Waals surface area contributed by atoms with E-state index < -0.39 is 12.3 Å². The second-order valence-electron chi connectivity index (χ2n) is 1.83. The summed E-state index contributed by atoms with van der Waals surface area (Å²) >= 11 is 11.7. The molecule has 0 radical (unpaired) electrons. The first-order chi connectivity index (χ1) is 5.04. The molecule has 0 unspecified atom stereocenters. The molecule has 1 aliphatic rings. The van der Waals surface area contributed by atoms with Crippen LogP contribution in [0.5, 0.6) is 0 Å². The molecule has 0 saturated carbocycles. The van der Waals surface area contributed by atoms with Gasteiger partial charge in [-0.2, -0.15) is 0 Å². The van der Waals surface area contributed by atoms with Crippen molar-refractivity contribution in [1.29, 1.82) is 0 Å². The van der Waals surface area contributed by atoms with Crippen LogP contribution in [-0.4, -0.2) is 21.1 Å². The third-order valence-electron chi connectivity index (χ3n) is 1.15. The molecule has 0 aromatic heterocycles. The molecule has 0 spiro atoms. The SMILES string of the molecule is O=C1O[C@H](O)C(C(Br)Br)=C1Cl. The van der Waals surface area contributed by atoms with E-state index in [2.05, 4.69) is 36.6 Å². The van der Waals surface area contributed by atoms with Crippen molar-refractivity contribution in [2.75, 3.05) is 0 Å². The second kappa shape index (κ2) is 3.43. The van der Waals surface area contributed by atoms with E-state index in [9.17, 15) is 4.79 Å². The average Bonchev–Trinajstić information content (AvgIpc) is 2.07. The van der Waals surface area contributed by atoms with Gasteiger partial charge in [0.15, 0.2) is 0 Å². The summed E-state index contributed by atoms with van der Waals surface area (Å²) in [5.74, 6) is -0.696. The highest BCUT2D eigenvalue weighted by atomic mass is 79.9. The second-order valence-corrected chi connectivity index (χ2v) is 5.27. The Hall–Kier alpha value is 0.420. The molecule has 1 atom stereocenters. The van der Waals surface area contributed by atoms with Gasteiger partial charge in [-0.25, -0.2) is 4.79 Å². The predicted octanol–water partition coefficient (Wildman–Crippen LogP) is 1.47. The van der Waals surface area contributed by atoms with Crippen LogP contribution < -0.4 is 0 Å². The number of cyclic esters (lactones) is 1. The van der Waals surface area contributed by atoms with Gasteiger partial charge in [0.05, 0.1) is 3.74 Å². The first-order valence-electron chi connectivity index (χ1n) is 2.60. The van der Waals surface area contributed by atoms with Gasteiger partial charge in [-0.3, -0.25) is 0 Å². The molecular formula is C5H3Br2ClO3. The summed E-state index contributed by atoms with van der Waals surface area (Å²) < 4.78 is 4.05. The lowest BCUT2D eigenvalue weighted by molar-refractivity contribution is -0.151. The van der Waals surface area contributed by atoms with Crippen molar-refractivity contribution >= 4 is 49.4 Å². The lowest BCUT2D eigenvalue weighted by Crippen LogP contribution is -2.13. The maximum Gasteiger partial charge on any atom is 0.352 e. The molecule has 1 heterocycles. The van der Waals surface area contributed by atoms with Crippen LogP contribution in [0.2, 0.25) is 0 Å². The summed E-state index contributed by atoms with van der Waals surface area (Å²) in [6.07, 6.45) is -1.24. The molecule has 0 saturated heterocycles. The molecule has 0 amide bonds. The number of hydrogen-bond acceptors (Lipinski definition) is 3. The highest BCUT2D eigenvalue weighted by Gasteiger charge is 2.34. The molecular weight excluding hydrogens is 303 g/mol. The summed E-state index contributed by atoms with van der Waals surface area (Å²) in [6.45, 7) is 0. The van der Waals surface area contributed by atoms with Crippen molar-refractivity contribution in [1.82, 2.24) is 0 Å². The molecule has 0 aromatic rings. The van der Waals surface area contributed by atoms with Gasteiger partial charge in [0.1, 0.15) is 5.03 Å². The minimum absolute atomic E-state index is 0.0729. The number of aliphatic hydroxyl groups excluding tert-OH is 1. The maximum absolute atomic E-state index is 10.7. The molecule has 1 N–H and O–H groups in total. The van der Waals surface area contributed by atoms with Crippen molar-refractivity contribution in [3.8, 4) is 0 Å². The van der Waals surface area contributed by atoms with Crippen LogP contribution >= 0.6 is 43.5 Å². The van der Waals surface area contributed by atoms with Gasteiger partial charge in [-0.15, -0.1) is 0 Å². The fourth-order valence-electron chi connectivity index (χ4n) is 0.646. The Morgan fingerprint density at radius 2 is 2.18 bits per heavy atom. The van der Waals surface area contributed by atoms with Gasteiger partial charge >= 0.3 is 5.97 Å². The third-order valence-corrected chi connectivity index (χ3v) is 2.51. The van der Waals surface area contributed by atoms with Crippen LogP contribution in [0.3, 0.4) is 0 Å². The molecule has 1 rings (SSSR count). The van der Waals surface area contributed by atoms with E-state index in [4.69, 9.17) is 16.7 Å². The molecule has 6 heteroatoms. The lowest BCUT2D eigenvalue weighted by atomic mass is 10.3. The standard InChI is InChI=1S/C5H3Br2ClO3/c6-3(7)1-2(8)5(10)11-4(1)9/h3-4,9H/t4-/m0/s1. The first-order valence-corrected chi connectivity index (χ1v) is 4.81. The molecule has 0 aliphatic carbocycles. The molecule has 0 fully saturated rings. The van der Waals surface area contributed by atoms with Crippen LogP contribution in [0.15, 0.2) is 10.6 Å². The van der Waals surface area contributed by atoms with Gasteiger partial charge < -0.3 is 9.84 Å². The zero-order chi connectivity index (χ0) is 8.59. The monoisotopic (exact) mass is 304 g/mol. The summed E-state index contributed by atoms with van der Waals surface area (Å²) in [5.41, 5.74) is 0.302. The van der Waals surface area contributed by atoms with E-state index in [0.29, 0.717) is 5.57 Å². The number of carbonyl (C=O) groups excluding carboxylic acids is 1. The van der Waals surface area contributed by atoms with Crippen molar-refractivity contribution in [2.24, 2.45) is 0 Å². The molecule has 62 valence electrons. The van der Waals surface area contributed by atoms with Crippen LogP contribution in [0.25, 0.3) is 0 Å². The Morgan fingerprint density at radius 1 is 1.64 bits per heavy atom. The van der Waals surface area contributed by atoms with E-state index in [1.165, 1.54) is 0 Å². The Balaban J connectivity index is 2.97. The summed E-state index contributed by atoms with van der Waals surface area (Å²) in [6, 6.07) is 0. The van der Waals surface area contributed by atoms with Gasteiger partial charge in [0, 0.05) is 5.57 Å². The van der Waals surface area contributed by atoms with Gasteiger partial charge in [0.2, 0.25) is 6.29 Å². The average molecular weight is 306 g/mol. The maximum atomic E-state index is 10.7. The molecule has 1 aliphatic heterocycles. The molecule has 11 heavy (non-hydrogen) atoms. The normalized spacial score (nSPS) is 24.8. The van der Waals surface area contributed by atoms with E-state index >= 15 is 0 Å². The van der Waals surface area contributed by atoms with Gasteiger partial charge in [-0.05, 0) is 0 Å². The molecule has 3 nitrogen and oxygen atoms in total. The van der Waals surface area contributed by atoms with E-state index in [1.54, 1.807) is 0 Å².